The van der Waals surface area contributed by atoms with Crippen LogP contribution >= 0.6 is 22.6 Å². The summed E-state index contributed by atoms with van der Waals surface area (Å²) in [6, 6.07) is 9.44. The van der Waals surface area contributed by atoms with E-state index in [0.29, 0.717) is 33.9 Å². The number of halogens is 3. The minimum Gasteiger partial charge on any atom is -0.371 e. The minimum atomic E-state index is -2.68. The number of nitrogens with zero attached hydrogens (tertiary/aromatic N) is 6. The van der Waals surface area contributed by atoms with Crippen LogP contribution in [0.2, 0.25) is 0 Å². The molecule has 4 heterocycles. The predicted octanol–water partition coefficient (Wildman–Crippen LogP) is 5.35. The van der Waals surface area contributed by atoms with Gasteiger partial charge in [0.1, 0.15) is 17.3 Å². The number of alkyl halides is 2. The van der Waals surface area contributed by atoms with Crippen LogP contribution in [-0.4, -0.2) is 58.0 Å². The molecule has 6 rings (SSSR count). The molecular formula is C27H30F2IN7O. The SMILES string of the molecule is Cn1cc(-c2ccc(NC(=O)c3ccc(I)cc3N3CCC4(CC3)CC4)nc2N2CCC(F)(F)CC2)nn1. The lowest BCUT2D eigenvalue weighted by Gasteiger charge is -2.35. The zero-order valence-corrected chi connectivity index (χ0v) is 23.4. The van der Waals surface area contributed by atoms with Crippen LogP contribution in [0.25, 0.3) is 11.3 Å². The van der Waals surface area contributed by atoms with Gasteiger partial charge in [-0.15, -0.1) is 5.10 Å². The fourth-order valence-corrected chi connectivity index (χ4v) is 5.99. The summed E-state index contributed by atoms with van der Waals surface area (Å²) < 4.78 is 30.4. The van der Waals surface area contributed by atoms with Crippen LogP contribution in [-0.2, 0) is 7.05 Å². The smallest absolute Gasteiger partial charge is 0.258 e. The van der Waals surface area contributed by atoms with Gasteiger partial charge in [0.2, 0.25) is 0 Å². The van der Waals surface area contributed by atoms with Gasteiger partial charge < -0.3 is 15.1 Å². The maximum Gasteiger partial charge on any atom is 0.258 e. The monoisotopic (exact) mass is 633 g/mol. The Morgan fingerprint density at radius 3 is 2.34 bits per heavy atom. The van der Waals surface area contributed by atoms with Gasteiger partial charge in [-0.1, -0.05) is 5.21 Å². The summed E-state index contributed by atoms with van der Waals surface area (Å²) in [5, 5.41) is 11.2. The Morgan fingerprint density at radius 2 is 1.68 bits per heavy atom. The largest absolute Gasteiger partial charge is 0.371 e. The molecule has 1 aliphatic carbocycles. The molecule has 3 aliphatic rings. The fourth-order valence-electron chi connectivity index (χ4n) is 5.52. The molecule has 200 valence electrons. The average Bonchev–Trinajstić information content (AvgIpc) is 3.51. The molecule has 2 aliphatic heterocycles. The first-order chi connectivity index (χ1) is 18.2. The molecule has 8 nitrogen and oxygen atoms in total. The Kier molecular flexibility index (Phi) is 6.51. The molecule has 2 saturated heterocycles. The Morgan fingerprint density at radius 1 is 0.974 bits per heavy atom. The van der Waals surface area contributed by atoms with Gasteiger partial charge in [0.15, 0.2) is 0 Å². The quantitative estimate of drug-likeness (QED) is 0.382. The van der Waals surface area contributed by atoms with Crippen LogP contribution in [0.15, 0.2) is 36.5 Å². The van der Waals surface area contributed by atoms with E-state index in [0.717, 1.165) is 22.3 Å². The molecule has 3 fully saturated rings. The van der Waals surface area contributed by atoms with Crippen LogP contribution in [0.4, 0.5) is 26.1 Å². The Labute approximate surface area is 233 Å². The molecule has 2 aromatic heterocycles. The maximum atomic E-state index is 13.9. The van der Waals surface area contributed by atoms with Gasteiger partial charge in [-0.25, -0.2) is 13.8 Å². The molecular weight excluding hydrogens is 603 g/mol. The number of carbonyl (C=O) groups is 1. The van der Waals surface area contributed by atoms with Gasteiger partial charge in [0.25, 0.3) is 11.8 Å². The van der Waals surface area contributed by atoms with E-state index >= 15 is 0 Å². The average molecular weight is 633 g/mol. The number of aromatic nitrogens is 4. The molecule has 1 saturated carbocycles. The molecule has 1 spiro atoms. The Hall–Kier alpha value is -2.83. The summed E-state index contributed by atoms with van der Waals surface area (Å²) in [4.78, 5) is 22.4. The highest BCUT2D eigenvalue weighted by atomic mass is 127. The van der Waals surface area contributed by atoms with Crippen LogP contribution in [0.5, 0.6) is 0 Å². The molecule has 38 heavy (non-hydrogen) atoms. The van der Waals surface area contributed by atoms with Crippen LogP contribution in [0.1, 0.15) is 48.9 Å². The molecule has 0 radical (unpaired) electrons. The van der Waals surface area contributed by atoms with Gasteiger partial charge in [0.05, 0.1) is 17.4 Å². The number of hydrogen-bond donors (Lipinski definition) is 1. The molecule has 0 atom stereocenters. The van der Waals surface area contributed by atoms with Crippen molar-refractivity contribution in [2.45, 2.75) is 44.4 Å². The zero-order valence-electron chi connectivity index (χ0n) is 21.3. The van der Waals surface area contributed by atoms with E-state index in [1.807, 2.05) is 23.1 Å². The van der Waals surface area contributed by atoms with Gasteiger partial charge >= 0.3 is 0 Å². The highest BCUT2D eigenvalue weighted by Gasteiger charge is 2.44. The molecule has 0 unspecified atom stereocenters. The van der Waals surface area contributed by atoms with Crippen molar-refractivity contribution in [1.29, 1.82) is 0 Å². The minimum absolute atomic E-state index is 0.169. The third-order valence-electron chi connectivity index (χ3n) is 8.12. The first-order valence-electron chi connectivity index (χ1n) is 13.1. The van der Waals surface area contributed by atoms with Gasteiger partial charge in [-0.3, -0.25) is 9.48 Å². The highest BCUT2D eigenvalue weighted by molar-refractivity contribution is 14.1. The van der Waals surface area contributed by atoms with E-state index < -0.39 is 5.92 Å². The third-order valence-corrected chi connectivity index (χ3v) is 8.79. The van der Waals surface area contributed by atoms with Crippen molar-refractivity contribution in [3.63, 3.8) is 0 Å². The normalized spacial score (nSPS) is 20.0. The highest BCUT2D eigenvalue weighted by Crippen LogP contribution is 2.54. The second-order valence-electron chi connectivity index (χ2n) is 10.8. The Balaban J connectivity index is 1.27. The van der Waals surface area contributed by atoms with E-state index in [1.165, 1.54) is 25.7 Å². The second kappa shape index (κ2) is 9.73. The summed E-state index contributed by atoms with van der Waals surface area (Å²) in [5.41, 5.74) is 3.39. The standard InChI is InChI=1S/C27H30F2IN7O/c1-35-17-21(33-34-35)19-4-5-23(31-24(19)37-14-10-27(28,29)11-15-37)32-25(38)20-3-2-18(30)16-22(20)36-12-8-26(6-7-26)9-13-36/h2-5,16-17H,6-15H2,1H3,(H,31,32,38). The Bertz CT molecular complexity index is 1350. The van der Waals surface area contributed by atoms with Crippen molar-refractivity contribution in [3.8, 4) is 11.3 Å². The number of nitrogens with one attached hydrogen (secondary N) is 1. The van der Waals surface area contributed by atoms with Crippen molar-refractivity contribution in [2.75, 3.05) is 41.3 Å². The zero-order chi connectivity index (χ0) is 26.5. The number of carbonyl (C=O) groups excluding carboxylic acids is 1. The number of pyridine rings is 1. The molecule has 1 aromatic carbocycles. The van der Waals surface area contributed by atoms with Crippen molar-refractivity contribution in [2.24, 2.45) is 12.5 Å². The van der Waals surface area contributed by atoms with Crippen LogP contribution in [0, 0.1) is 8.99 Å². The number of rotatable bonds is 5. The van der Waals surface area contributed by atoms with Crippen molar-refractivity contribution in [1.82, 2.24) is 20.0 Å². The van der Waals surface area contributed by atoms with E-state index in [9.17, 15) is 13.6 Å². The number of aryl methyl sites for hydroxylation is 1. The molecule has 3 aromatic rings. The second-order valence-corrected chi connectivity index (χ2v) is 12.0. The van der Waals surface area contributed by atoms with Crippen molar-refractivity contribution in [3.05, 3.63) is 45.7 Å². The van der Waals surface area contributed by atoms with Gasteiger partial charge in [-0.05, 0) is 84.0 Å². The summed E-state index contributed by atoms with van der Waals surface area (Å²) in [6.07, 6.45) is 6.27. The number of piperidine rings is 2. The third kappa shape index (κ3) is 5.21. The van der Waals surface area contributed by atoms with E-state index in [4.69, 9.17) is 4.98 Å². The first-order valence-corrected chi connectivity index (χ1v) is 14.1. The van der Waals surface area contributed by atoms with Gasteiger partial charge in [-0.2, -0.15) is 0 Å². The van der Waals surface area contributed by atoms with Gasteiger partial charge in [0, 0.05) is 55.2 Å². The van der Waals surface area contributed by atoms with E-state index in [-0.39, 0.29) is 31.8 Å². The predicted molar refractivity (Wildman–Crippen MR) is 151 cm³/mol. The summed E-state index contributed by atoms with van der Waals surface area (Å²) in [6.45, 7) is 2.25. The lowest BCUT2D eigenvalue weighted by Crippen LogP contribution is -2.40. The van der Waals surface area contributed by atoms with Crippen LogP contribution in [0.3, 0.4) is 0 Å². The van der Waals surface area contributed by atoms with E-state index in [1.54, 1.807) is 24.0 Å². The summed E-state index contributed by atoms with van der Waals surface area (Å²) in [7, 11) is 1.77. The topological polar surface area (TPSA) is 79.2 Å². The number of anilines is 3. The first kappa shape index (κ1) is 25.4. The molecule has 11 heteroatoms. The van der Waals surface area contributed by atoms with Crippen molar-refractivity contribution < 1.29 is 13.6 Å². The lowest BCUT2D eigenvalue weighted by molar-refractivity contribution is -0.0221. The number of amides is 1. The number of hydrogen-bond acceptors (Lipinski definition) is 6. The maximum absolute atomic E-state index is 13.9. The number of benzene rings is 1. The molecule has 0 bridgehead atoms. The molecule has 1 N–H and O–H groups in total. The fraction of sp³-hybridized carbons (Fsp3) is 0.481. The van der Waals surface area contributed by atoms with Crippen LogP contribution < -0.4 is 15.1 Å². The van der Waals surface area contributed by atoms with Crippen molar-refractivity contribution >= 4 is 45.8 Å². The summed E-state index contributed by atoms with van der Waals surface area (Å²) in [5.74, 6) is -2.02. The van der Waals surface area contributed by atoms with E-state index in [2.05, 4.69) is 49.2 Å². The lowest BCUT2D eigenvalue weighted by atomic mass is 9.93. The molecule has 1 amide bonds. The summed E-state index contributed by atoms with van der Waals surface area (Å²) >= 11 is 2.28.